The highest BCUT2D eigenvalue weighted by Gasteiger charge is 2.32. The standard InChI is InChI=1S/C27H39N3O5S/c1-7-35-15-14-30-13-12-20-18(2)24(29-36(6,33)34)19(3)22(25(20)30)16-27(4,5)17-28-26(32)21-10-8-9-11-23(21)31/h8-11,29,31H,7,12-17H2,1-6H3,(H,28,32). The van der Waals surface area contributed by atoms with E-state index in [-0.39, 0.29) is 22.6 Å². The summed E-state index contributed by atoms with van der Waals surface area (Å²) >= 11 is 0. The van der Waals surface area contributed by atoms with Crippen molar-refractivity contribution in [1.82, 2.24) is 5.32 Å². The molecular weight excluding hydrogens is 478 g/mol. The van der Waals surface area contributed by atoms with E-state index in [2.05, 4.69) is 28.8 Å². The summed E-state index contributed by atoms with van der Waals surface area (Å²) in [6.45, 7) is 13.4. The summed E-state index contributed by atoms with van der Waals surface area (Å²) in [4.78, 5) is 15.0. The second-order valence-corrected chi connectivity index (χ2v) is 12.0. The topological polar surface area (TPSA) is 108 Å². The molecule has 0 unspecified atom stereocenters. The molecule has 36 heavy (non-hydrogen) atoms. The number of hydrogen-bond acceptors (Lipinski definition) is 6. The van der Waals surface area contributed by atoms with Crippen LogP contribution in [0.5, 0.6) is 5.75 Å². The summed E-state index contributed by atoms with van der Waals surface area (Å²) in [5.74, 6) is -0.383. The Morgan fingerprint density at radius 2 is 1.89 bits per heavy atom. The van der Waals surface area contributed by atoms with Crippen LogP contribution < -0.4 is 14.9 Å². The van der Waals surface area contributed by atoms with Crippen LogP contribution in [-0.2, 0) is 27.6 Å². The van der Waals surface area contributed by atoms with Crippen LogP contribution in [0.15, 0.2) is 24.3 Å². The van der Waals surface area contributed by atoms with E-state index in [4.69, 9.17) is 4.74 Å². The zero-order valence-corrected chi connectivity index (χ0v) is 23.0. The molecule has 1 heterocycles. The molecule has 0 spiro atoms. The average Bonchev–Trinajstić information content (AvgIpc) is 3.22. The summed E-state index contributed by atoms with van der Waals surface area (Å²) < 4.78 is 32.7. The molecule has 0 saturated heterocycles. The third-order valence-electron chi connectivity index (χ3n) is 6.70. The molecule has 0 aliphatic carbocycles. The Bertz CT molecular complexity index is 1220. The Labute approximate surface area is 215 Å². The number of anilines is 2. The number of fused-ring (bicyclic) bond motifs is 1. The van der Waals surface area contributed by atoms with Crippen molar-refractivity contribution < 1.29 is 23.1 Å². The lowest BCUT2D eigenvalue weighted by Crippen LogP contribution is -2.36. The van der Waals surface area contributed by atoms with E-state index >= 15 is 0 Å². The van der Waals surface area contributed by atoms with E-state index in [9.17, 15) is 18.3 Å². The minimum Gasteiger partial charge on any atom is -0.507 e. The number of rotatable bonds is 11. The monoisotopic (exact) mass is 517 g/mol. The van der Waals surface area contributed by atoms with Gasteiger partial charge >= 0.3 is 0 Å². The second-order valence-electron chi connectivity index (χ2n) is 10.3. The van der Waals surface area contributed by atoms with Gasteiger partial charge in [0.15, 0.2) is 0 Å². The van der Waals surface area contributed by atoms with Gasteiger partial charge in [-0.2, -0.15) is 0 Å². The summed E-state index contributed by atoms with van der Waals surface area (Å²) in [5.41, 5.74) is 5.80. The Hall–Kier alpha value is -2.78. The number of ether oxygens (including phenoxy) is 1. The Kier molecular flexibility index (Phi) is 8.56. The maximum Gasteiger partial charge on any atom is 0.255 e. The molecule has 8 nitrogen and oxygen atoms in total. The van der Waals surface area contributed by atoms with Crippen LogP contribution in [0, 0.1) is 19.3 Å². The highest BCUT2D eigenvalue weighted by Crippen LogP contribution is 2.43. The van der Waals surface area contributed by atoms with Crippen molar-refractivity contribution in [3.8, 4) is 5.75 Å². The lowest BCUT2D eigenvalue weighted by atomic mass is 9.81. The normalized spacial score (nSPS) is 13.6. The van der Waals surface area contributed by atoms with Crippen LogP contribution in [0.4, 0.5) is 11.4 Å². The molecule has 2 aromatic rings. The van der Waals surface area contributed by atoms with Gasteiger partial charge in [0, 0.05) is 31.9 Å². The number of nitrogens with zero attached hydrogens (tertiary/aromatic N) is 1. The first-order valence-corrected chi connectivity index (χ1v) is 14.3. The van der Waals surface area contributed by atoms with E-state index in [1.54, 1.807) is 18.2 Å². The largest absolute Gasteiger partial charge is 0.507 e. The fraction of sp³-hybridized carbons (Fsp3) is 0.519. The number of para-hydroxylation sites is 1. The number of carbonyl (C=O) groups is 1. The fourth-order valence-electron chi connectivity index (χ4n) is 4.89. The number of benzene rings is 2. The van der Waals surface area contributed by atoms with Gasteiger partial charge in [-0.1, -0.05) is 26.0 Å². The van der Waals surface area contributed by atoms with Crippen molar-refractivity contribution in [2.75, 3.05) is 48.7 Å². The predicted octanol–water partition coefficient (Wildman–Crippen LogP) is 3.78. The molecule has 2 aromatic carbocycles. The highest BCUT2D eigenvalue weighted by atomic mass is 32.2. The molecule has 3 N–H and O–H groups in total. The SMILES string of the molecule is CCOCCN1CCc2c(C)c(NS(C)(=O)=O)c(C)c(CC(C)(C)CNC(=O)c3ccccc3O)c21. The fourth-order valence-corrected chi connectivity index (χ4v) is 5.56. The number of sulfonamides is 1. The molecule has 0 radical (unpaired) electrons. The van der Waals surface area contributed by atoms with Crippen molar-refractivity contribution in [3.05, 3.63) is 52.1 Å². The molecule has 1 aliphatic rings. The Morgan fingerprint density at radius 1 is 1.19 bits per heavy atom. The third kappa shape index (κ3) is 6.50. The Morgan fingerprint density at radius 3 is 2.53 bits per heavy atom. The Balaban J connectivity index is 1.94. The van der Waals surface area contributed by atoms with E-state index in [1.165, 1.54) is 12.3 Å². The summed E-state index contributed by atoms with van der Waals surface area (Å²) in [6, 6.07) is 6.47. The third-order valence-corrected chi connectivity index (χ3v) is 7.28. The van der Waals surface area contributed by atoms with Gasteiger partial charge in [-0.05, 0) is 73.4 Å². The van der Waals surface area contributed by atoms with E-state index in [1.807, 2.05) is 20.8 Å². The highest BCUT2D eigenvalue weighted by molar-refractivity contribution is 7.92. The van der Waals surface area contributed by atoms with Gasteiger partial charge in [0.1, 0.15) is 5.75 Å². The minimum absolute atomic E-state index is 0.0542. The molecule has 0 bridgehead atoms. The van der Waals surface area contributed by atoms with Gasteiger partial charge in [0.05, 0.1) is 24.1 Å². The quantitative estimate of drug-likeness (QED) is 0.392. The number of phenols is 1. The maximum atomic E-state index is 12.7. The number of aromatic hydroxyl groups is 1. The zero-order valence-electron chi connectivity index (χ0n) is 22.2. The maximum absolute atomic E-state index is 12.7. The van der Waals surface area contributed by atoms with Crippen LogP contribution in [0.3, 0.4) is 0 Å². The van der Waals surface area contributed by atoms with Crippen LogP contribution in [-0.4, -0.2) is 58.5 Å². The molecule has 3 rings (SSSR count). The molecule has 1 aliphatic heterocycles. The van der Waals surface area contributed by atoms with Crippen molar-refractivity contribution in [3.63, 3.8) is 0 Å². The van der Waals surface area contributed by atoms with Gasteiger partial charge in [-0.3, -0.25) is 9.52 Å². The number of phenolic OH excluding ortho intramolecular Hbond substituents is 1. The molecule has 9 heteroatoms. The van der Waals surface area contributed by atoms with Crippen molar-refractivity contribution in [2.24, 2.45) is 5.41 Å². The van der Waals surface area contributed by atoms with Gasteiger partial charge in [0.25, 0.3) is 5.91 Å². The molecule has 0 aromatic heterocycles. The minimum atomic E-state index is -3.45. The van der Waals surface area contributed by atoms with Crippen LogP contribution in [0.1, 0.15) is 53.4 Å². The molecule has 1 amide bonds. The van der Waals surface area contributed by atoms with Crippen LogP contribution >= 0.6 is 0 Å². The molecule has 198 valence electrons. The van der Waals surface area contributed by atoms with Crippen LogP contribution in [0.25, 0.3) is 0 Å². The number of nitrogens with one attached hydrogen (secondary N) is 2. The molecule has 0 fully saturated rings. The summed E-state index contributed by atoms with van der Waals surface area (Å²) in [5, 5.41) is 13.0. The number of hydrogen-bond donors (Lipinski definition) is 3. The van der Waals surface area contributed by atoms with Crippen molar-refractivity contribution in [1.29, 1.82) is 0 Å². The van der Waals surface area contributed by atoms with Gasteiger partial charge in [-0.25, -0.2) is 8.42 Å². The first-order chi connectivity index (χ1) is 16.8. The average molecular weight is 518 g/mol. The second kappa shape index (κ2) is 11.1. The lowest BCUT2D eigenvalue weighted by molar-refractivity contribution is 0.0933. The summed E-state index contributed by atoms with van der Waals surface area (Å²) in [7, 11) is -3.45. The first kappa shape index (κ1) is 27.8. The zero-order chi connectivity index (χ0) is 26.7. The van der Waals surface area contributed by atoms with E-state index in [0.29, 0.717) is 31.9 Å². The predicted molar refractivity (Wildman–Crippen MR) is 145 cm³/mol. The van der Waals surface area contributed by atoms with E-state index in [0.717, 1.165) is 47.5 Å². The first-order valence-electron chi connectivity index (χ1n) is 12.4. The molecule has 0 atom stereocenters. The summed E-state index contributed by atoms with van der Waals surface area (Å²) in [6.07, 6.45) is 2.64. The van der Waals surface area contributed by atoms with E-state index < -0.39 is 10.0 Å². The number of carbonyl (C=O) groups excluding carboxylic acids is 1. The number of amides is 1. The van der Waals surface area contributed by atoms with Crippen LogP contribution in [0.2, 0.25) is 0 Å². The molecular formula is C27H39N3O5S. The van der Waals surface area contributed by atoms with Gasteiger partial charge in [-0.15, -0.1) is 0 Å². The smallest absolute Gasteiger partial charge is 0.255 e. The van der Waals surface area contributed by atoms with Crippen molar-refractivity contribution in [2.45, 2.75) is 47.5 Å². The van der Waals surface area contributed by atoms with Gasteiger partial charge in [0.2, 0.25) is 10.0 Å². The molecule has 0 saturated carbocycles. The van der Waals surface area contributed by atoms with Crippen molar-refractivity contribution >= 4 is 27.3 Å². The lowest BCUT2D eigenvalue weighted by Gasteiger charge is -2.31. The van der Waals surface area contributed by atoms with Gasteiger partial charge < -0.3 is 20.1 Å².